The first kappa shape index (κ1) is 28.7. The molecule has 3 rings (SSSR count). The van der Waals surface area contributed by atoms with Gasteiger partial charge in [-0.2, -0.15) is 0 Å². The molecule has 1 saturated heterocycles. The van der Waals surface area contributed by atoms with E-state index in [9.17, 15) is 9.59 Å². The van der Waals surface area contributed by atoms with Gasteiger partial charge in [0.2, 0.25) is 0 Å². The molecule has 1 aliphatic rings. The van der Waals surface area contributed by atoms with Gasteiger partial charge in [0.15, 0.2) is 0 Å². The average molecular weight is 537 g/mol. The molecule has 2 amide bonds. The summed E-state index contributed by atoms with van der Waals surface area (Å²) in [5, 5.41) is 2.97. The Kier molecular flexibility index (Phi) is 10.3. The Labute approximate surface area is 228 Å². The van der Waals surface area contributed by atoms with Gasteiger partial charge in [-0.05, 0) is 67.5 Å². The van der Waals surface area contributed by atoms with Crippen molar-refractivity contribution in [2.75, 3.05) is 38.7 Å². The molecule has 9 heteroatoms. The summed E-state index contributed by atoms with van der Waals surface area (Å²) in [6.45, 7) is 9.69. The van der Waals surface area contributed by atoms with E-state index in [1.54, 1.807) is 42.4 Å². The third-order valence-corrected chi connectivity index (χ3v) is 6.25. The monoisotopic (exact) mass is 536 g/mol. The number of aryl methyl sites for hydroxylation is 1. The average Bonchev–Trinajstić information content (AvgIpc) is 2.92. The summed E-state index contributed by atoms with van der Waals surface area (Å²) in [4.78, 5) is 32.0. The van der Waals surface area contributed by atoms with E-state index in [2.05, 4.69) is 11.9 Å². The van der Waals surface area contributed by atoms with E-state index in [4.69, 9.17) is 31.8 Å². The minimum absolute atomic E-state index is 0.0148. The van der Waals surface area contributed by atoms with E-state index in [1.165, 1.54) is 6.07 Å². The molecule has 0 saturated carbocycles. The first-order valence-electron chi connectivity index (χ1n) is 12.3. The molecule has 0 aromatic heterocycles. The Balaban J connectivity index is 1.76. The summed E-state index contributed by atoms with van der Waals surface area (Å²) in [6, 6.07) is 10.5. The number of amides is 2. The largest absolute Gasteiger partial charge is 0.496 e. The summed E-state index contributed by atoms with van der Waals surface area (Å²) in [7, 11) is 1.63. The molecular weight excluding hydrogens is 504 g/mol. The van der Waals surface area contributed by atoms with Crippen LogP contribution in [-0.2, 0) is 9.53 Å². The standard InChI is InChI=1S/C29H33ClN4O4/c1-5-7-26(20-8-11-27(37-4)19(3)16-20)32-21(6-2)18-25(31)28(35)33-22-9-10-23(24(30)17-22)29(36)34-12-14-38-15-13-34/h5,7-11,16-18H,1,6,12-15,31H2,2-4H3,(H,33,35)/b25-18-,26-7-,32-21-. The lowest BCUT2D eigenvalue weighted by molar-refractivity contribution is -0.112. The molecule has 1 aliphatic heterocycles. The highest BCUT2D eigenvalue weighted by Gasteiger charge is 2.21. The van der Waals surface area contributed by atoms with Gasteiger partial charge in [-0.1, -0.05) is 31.2 Å². The van der Waals surface area contributed by atoms with Crippen LogP contribution < -0.4 is 15.8 Å². The molecule has 3 N–H and O–H groups in total. The SMILES string of the molecule is C=C\C=C(/N=C(\C=C(/N)C(=O)Nc1ccc(C(=O)N2CCOCC2)c(Cl)c1)CC)c1ccc(OC)c(C)c1. The number of hydrogen-bond acceptors (Lipinski definition) is 6. The van der Waals surface area contributed by atoms with Gasteiger partial charge in [0.05, 0.1) is 42.3 Å². The van der Waals surface area contributed by atoms with E-state index in [-0.39, 0.29) is 16.6 Å². The quantitative estimate of drug-likeness (QED) is 0.267. The third-order valence-electron chi connectivity index (χ3n) is 5.93. The highest BCUT2D eigenvalue weighted by Crippen LogP contribution is 2.25. The van der Waals surface area contributed by atoms with Crippen LogP contribution in [0.4, 0.5) is 5.69 Å². The number of benzene rings is 2. The second-order valence-corrected chi connectivity index (χ2v) is 8.99. The maximum Gasteiger partial charge on any atom is 0.271 e. The molecule has 8 nitrogen and oxygen atoms in total. The predicted molar refractivity (Wildman–Crippen MR) is 153 cm³/mol. The van der Waals surface area contributed by atoms with E-state index in [1.807, 2.05) is 32.0 Å². The van der Waals surface area contributed by atoms with E-state index in [0.29, 0.717) is 55.4 Å². The van der Waals surface area contributed by atoms with Crippen molar-refractivity contribution in [1.82, 2.24) is 4.90 Å². The van der Waals surface area contributed by atoms with Gasteiger partial charge >= 0.3 is 0 Å². The predicted octanol–water partition coefficient (Wildman–Crippen LogP) is 4.99. The Morgan fingerprint density at radius 3 is 2.58 bits per heavy atom. The van der Waals surface area contributed by atoms with Crippen LogP contribution in [0.3, 0.4) is 0 Å². The van der Waals surface area contributed by atoms with Crippen molar-refractivity contribution in [2.24, 2.45) is 10.7 Å². The number of hydrogen-bond donors (Lipinski definition) is 2. The fraction of sp³-hybridized carbons (Fsp3) is 0.276. The van der Waals surface area contributed by atoms with Gasteiger partial charge in [-0.15, -0.1) is 0 Å². The van der Waals surface area contributed by atoms with Crippen molar-refractivity contribution in [3.05, 3.63) is 88.6 Å². The van der Waals surface area contributed by atoms with Crippen molar-refractivity contribution in [3.8, 4) is 5.75 Å². The van der Waals surface area contributed by atoms with Gasteiger partial charge in [0.25, 0.3) is 11.8 Å². The lowest BCUT2D eigenvalue weighted by atomic mass is 10.1. The molecule has 0 aliphatic carbocycles. The van der Waals surface area contributed by atoms with Crippen LogP contribution in [0.25, 0.3) is 5.70 Å². The number of allylic oxidation sites excluding steroid dienone is 3. The molecule has 0 radical (unpaired) electrons. The number of nitrogens with two attached hydrogens (primary N) is 1. The van der Waals surface area contributed by atoms with Crippen molar-refractivity contribution in [2.45, 2.75) is 20.3 Å². The lowest BCUT2D eigenvalue weighted by Gasteiger charge is -2.27. The Morgan fingerprint density at radius 2 is 1.97 bits per heavy atom. The number of morpholine rings is 1. The smallest absolute Gasteiger partial charge is 0.271 e. The number of carbonyl (C=O) groups is 2. The third kappa shape index (κ3) is 7.34. The first-order chi connectivity index (χ1) is 18.3. The number of methoxy groups -OCH3 is 1. The van der Waals surface area contributed by atoms with E-state index in [0.717, 1.165) is 16.9 Å². The summed E-state index contributed by atoms with van der Waals surface area (Å²) in [6.07, 6.45) is 5.54. The minimum atomic E-state index is -0.510. The van der Waals surface area contributed by atoms with Crippen LogP contribution in [0.2, 0.25) is 5.02 Å². The molecule has 0 spiro atoms. The van der Waals surface area contributed by atoms with Crippen molar-refractivity contribution < 1.29 is 19.1 Å². The van der Waals surface area contributed by atoms with Crippen LogP contribution in [0, 0.1) is 6.92 Å². The number of halogens is 1. The number of aliphatic imine (C=N–C) groups is 1. The number of carbonyl (C=O) groups excluding carboxylic acids is 2. The number of nitrogens with zero attached hydrogens (tertiary/aromatic N) is 2. The van der Waals surface area contributed by atoms with Crippen molar-refractivity contribution in [1.29, 1.82) is 0 Å². The number of anilines is 1. The zero-order valence-corrected chi connectivity index (χ0v) is 22.7. The molecule has 38 heavy (non-hydrogen) atoms. The van der Waals surface area contributed by atoms with Crippen LogP contribution in [0.5, 0.6) is 5.75 Å². The second-order valence-electron chi connectivity index (χ2n) is 8.58. The highest BCUT2D eigenvalue weighted by molar-refractivity contribution is 6.34. The van der Waals surface area contributed by atoms with Crippen LogP contribution in [0.1, 0.15) is 34.8 Å². The van der Waals surface area contributed by atoms with Crippen LogP contribution in [-0.4, -0.2) is 55.8 Å². The van der Waals surface area contributed by atoms with Crippen molar-refractivity contribution >= 4 is 40.5 Å². The molecule has 1 fully saturated rings. The van der Waals surface area contributed by atoms with Gasteiger partial charge < -0.3 is 25.4 Å². The zero-order valence-electron chi connectivity index (χ0n) is 21.9. The molecule has 2 aromatic carbocycles. The first-order valence-corrected chi connectivity index (χ1v) is 12.7. The normalized spacial score (nSPS) is 14.7. The Hall–Kier alpha value is -3.88. The maximum atomic E-state index is 12.8. The van der Waals surface area contributed by atoms with Gasteiger partial charge in [0.1, 0.15) is 5.75 Å². The molecule has 0 bridgehead atoms. The molecule has 1 heterocycles. The van der Waals surface area contributed by atoms with E-state index >= 15 is 0 Å². The number of ether oxygens (including phenoxy) is 2. The van der Waals surface area contributed by atoms with Gasteiger partial charge in [0, 0.05) is 30.1 Å². The lowest BCUT2D eigenvalue weighted by Crippen LogP contribution is -2.40. The zero-order chi connectivity index (χ0) is 27.7. The topological polar surface area (TPSA) is 106 Å². The fourth-order valence-electron chi connectivity index (χ4n) is 3.87. The summed E-state index contributed by atoms with van der Waals surface area (Å²) >= 11 is 6.37. The fourth-order valence-corrected chi connectivity index (χ4v) is 4.13. The molecular formula is C29H33ClN4O4. The Bertz CT molecular complexity index is 1290. The summed E-state index contributed by atoms with van der Waals surface area (Å²) < 4.78 is 10.6. The van der Waals surface area contributed by atoms with Crippen molar-refractivity contribution in [3.63, 3.8) is 0 Å². The highest BCUT2D eigenvalue weighted by atomic mass is 35.5. The molecule has 200 valence electrons. The number of rotatable bonds is 9. The minimum Gasteiger partial charge on any atom is -0.496 e. The molecule has 0 atom stereocenters. The van der Waals surface area contributed by atoms with Crippen LogP contribution >= 0.6 is 11.6 Å². The molecule has 2 aromatic rings. The maximum absolute atomic E-state index is 12.8. The van der Waals surface area contributed by atoms with E-state index < -0.39 is 5.91 Å². The van der Waals surface area contributed by atoms with Gasteiger partial charge in [-0.25, -0.2) is 0 Å². The van der Waals surface area contributed by atoms with Crippen LogP contribution in [0.15, 0.2) is 71.9 Å². The summed E-state index contributed by atoms with van der Waals surface area (Å²) in [5.41, 5.74) is 10.0. The summed E-state index contributed by atoms with van der Waals surface area (Å²) in [5.74, 6) is 0.102. The second kappa shape index (κ2) is 13.6. The number of nitrogens with one attached hydrogen (secondary N) is 1. The van der Waals surface area contributed by atoms with Gasteiger partial charge in [-0.3, -0.25) is 14.6 Å². The Morgan fingerprint density at radius 1 is 1.24 bits per heavy atom. The molecule has 0 unspecified atom stereocenters.